The van der Waals surface area contributed by atoms with Crippen LogP contribution in [0.25, 0.3) is 0 Å². The smallest absolute Gasteiger partial charge is 0.208 e. The lowest BCUT2D eigenvalue weighted by Gasteiger charge is -2.23. The Hall–Kier alpha value is -1.85. The molecule has 0 spiro atoms. The van der Waals surface area contributed by atoms with E-state index >= 15 is 0 Å². The molecule has 0 saturated carbocycles. The second kappa shape index (κ2) is 6.10. The summed E-state index contributed by atoms with van der Waals surface area (Å²) in [6.07, 6.45) is 0.389. The highest BCUT2D eigenvalue weighted by Gasteiger charge is 2.33. The van der Waals surface area contributed by atoms with Crippen LogP contribution in [0.1, 0.15) is 35.4 Å². The van der Waals surface area contributed by atoms with Crippen molar-refractivity contribution in [1.29, 1.82) is 0 Å². The Bertz CT molecular complexity index is 634. The van der Waals surface area contributed by atoms with Gasteiger partial charge in [-0.05, 0) is 38.0 Å². The van der Waals surface area contributed by atoms with E-state index in [1.54, 1.807) is 7.11 Å². The molecular formula is C17H22N2O3. The highest BCUT2D eigenvalue weighted by Crippen LogP contribution is 2.34. The van der Waals surface area contributed by atoms with Crippen LogP contribution in [0.5, 0.6) is 5.75 Å². The molecule has 0 amide bonds. The SMILES string of the molecule is COc1cccc([C@@H]2C[C@@H](O)CN2Cc2nc(C)c(C)o2)c1. The van der Waals surface area contributed by atoms with Crippen molar-refractivity contribution in [2.24, 2.45) is 0 Å². The molecule has 118 valence electrons. The quantitative estimate of drug-likeness (QED) is 0.941. The van der Waals surface area contributed by atoms with E-state index in [9.17, 15) is 5.11 Å². The van der Waals surface area contributed by atoms with Gasteiger partial charge in [0, 0.05) is 12.6 Å². The number of ether oxygens (including phenoxy) is 1. The number of benzene rings is 1. The number of oxazole rings is 1. The lowest BCUT2D eigenvalue weighted by Crippen LogP contribution is -2.24. The van der Waals surface area contributed by atoms with Gasteiger partial charge in [-0.25, -0.2) is 4.98 Å². The van der Waals surface area contributed by atoms with E-state index in [1.165, 1.54) is 0 Å². The van der Waals surface area contributed by atoms with Gasteiger partial charge in [-0.1, -0.05) is 12.1 Å². The molecule has 1 fully saturated rings. The predicted octanol–water partition coefficient (Wildman–Crippen LogP) is 2.61. The minimum Gasteiger partial charge on any atom is -0.497 e. The third-order valence-corrected chi connectivity index (χ3v) is 4.27. The Labute approximate surface area is 130 Å². The van der Waals surface area contributed by atoms with Gasteiger partial charge in [0.2, 0.25) is 5.89 Å². The van der Waals surface area contributed by atoms with Crippen LogP contribution in [-0.2, 0) is 6.54 Å². The molecule has 3 rings (SSSR count). The lowest BCUT2D eigenvalue weighted by atomic mass is 10.0. The summed E-state index contributed by atoms with van der Waals surface area (Å²) in [5.74, 6) is 2.39. The second-order valence-electron chi connectivity index (χ2n) is 5.86. The summed E-state index contributed by atoms with van der Waals surface area (Å²) < 4.78 is 11.0. The fourth-order valence-electron chi connectivity index (χ4n) is 3.03. The van der Waals surface area contributed by atoms with Gasteiger partial charge in [-0.15, -0.1) is 0 Å². The van der Waals surface area contributed by atoms with Crippen molar-refractivity contribution in [2.45, 2.75) is 39.0 Å². The first-order chi connectivity index (χ1) is 10.6. The monoisotopic (exact) mass is 302 g/mol. The van der Waals surface area contributed by atoms with E-state index in [4.69, 9.17) is 9.15 Å². The van der Waals surface area contributed by atoms with Crippen LogP contribution in [0, 0.1) is 13.8 Å². The molecule has 1 aliphatic rings. The first-order valence-corrected chi connectivity index (χ1v) is 7.56. The Kier molecular flexibility index (Phi) is 4.18. The average molecular weight is 302 g/mol. The zero-order valence-corrected chi connectivity index (χ0v) is 13.2. The molecular weight excluding hydrogens is 280 g/mol. The molecule has 2 heterocycles. The van der Waals surface area contributed by atoms with Gasteiger partial charge < -0.3 is 14.3 Å². The molecule has 5 nitrogen and oxygen atoms in total. The standard InChI is InChI=1S/C17H22N2O3/c1-11-12(2)22-17(18-11)10-19-9-14(20)8-16(19)13-5-4-6-15(7-13)21-3/h4-7,14,16,20H,8-10H2,1-3H3/t14-,16+/m1/s1. The third kappa shape index (κ3) is 3.00. The fraction of sp³-hybridized carbons (Fsp3) is 0.471. The number of nitrogens with zero attached hydrogens (tertiary/aromatic N) is 2. The van der Waals surface area contributed by atoms with Crippen molar-refractivity contribution in [3.63, 3.8) is 0 Å². The minimum atomic E-state index is -0.326. The molecule has 5 heteroatoms. The summed E-state index contributed by atoms with van der Waals surface area (Å²) in [6, 6.07) is 8.17. The Morgan fingerprint density at radius 2 is 2.23 bits per heavy atom. The lowest BCUT2D eigenvalue weighted by molar-refractivity contribution is 0.167. The molecule has 0 bridgehead atoms. The molecule has 1 aromatic heterocycles. The maximum Gasteiger partial charge on any atom is 0.208 e. The first-order valence-electron chi connectivity index (χ1n) is 7.56. The van der Waals surface area contributed by atoms with Gasteiger partial charge in [0.1, 0.15) is 11.5 Å². The molecule has 1 aliphatic heterocycles. The van der Waals surface area contributed by atoms with E-state index in [0.717, 1.165) is 22.8 Å². The summed E-state index contributed by atoms with van der Waals surface area (Å²) in [5.41, 5.74) is 2.07. The van der Waals surface area contributed by atoms with E-state index in [2.05, 4.69) is 16.0 Å². The largest absolute Gasteiger partial charge is 0.497 e. The van der Waals surface area contributed by atoms with Crippen LogP contribution in [0.15, 0.2) is 28.7 Å². The fourth-order valence-corrected chi connectivity index (χ4v) is 3.03. The van der Waals surface area contributed by atoms with Crippen molar-refractivity contribution in [3.05, 3.63) is 47.2 Å². The van der Waals surface area contributed by atoms with Crippen LogP contribution < -0.4 is 4.74 Å². The minimum absolute atomic E-state index is 0.151. The molecule has 2 aromatic rings. The van der Waals surface area contributed by atoms with Crippen LogP contribution in [0.4, 0.5) is 0 Å². The molecule has 1 N–H and O–H groups in total. The number of aliphatic hydroxyl groups excluding tert-OH is 1. The topological polar surface area (TPSA) is 58.7 Å². The number of aryl methyl sites for hydroxylation is 2. The normalized spacial score (nSPS) is 22.2. The van der Waals surface area contributed by atoms with Gasteiger partial charge in [0.15, 0.2) is 0 Å². The van der Waals surface area contributed by atoms with Gasteiger partial charge in [0.25, 0.3) is 0 Å². The summed E-state index contributed by atoms with van der Waals surface area (Å²) in [4.78, 5) is 6.66. The zero-order chi connectivity index (χ0) is 15.7. The number of likely N-dealkylation sites (tertiary alicyclic amines) is 1. The van der Waals surface area contributed by atoms with E-state index in [-0.39, 0.29) is 12.1 Å². The first kappa shape index (κ1) is 15.1. The molecule has 0 unspecified atom stereocenters. The summed E-state index contributed by atoms with van der Waals surface area (Å²) in [7, 11) is 1.67. The van der Waals surface area contributed by atoms with Crippen LogP contribution in [0.3, 0.4) is 0 Å². The van der Waals surface area contributed by atoms with Gasteiger partial charge in [0.05, 0.1) is 25.5 Å². The molecule has 1 aromatic carbocycles. The Balaban J connectivity index is 1.82. The second-order valence-corrected chi connectivity index (χ2v) is 5.86. The molecule has 2 atom stereocenters. The van der Waals surface area contributed by atoms with Crippen LogP contribution >= 0.6 is 0 Å². The molecule has 0 radical (unpaired) electrons. The Morgan fingerprint density at radius 1 is 1.41 bits per heavy atom. The van der Waals surface area contributed by atoms with E-state index in [0.29, 0.717) is 25.4 Å². The van der Waals surface area contributed by atoms with Crippen LogP contribution in [0.2, 0.25) is 0 Å². The summed E-state index contributed by atoms with van der Waals surface area (Å²) in [5, 5.41) is 10.1. The summed E-state index contributed by atoms with van der Waals surface area (Å²) in [6.45, 7) is 5.10. The maximum atomic E-state index is 10.1. The maximum absolute atomic E-state index is 10.1. The molecule has 22 heavy (non-hydrogen) atoms. The van der Waals surface area contributed by atoms with E-state index < -0.39 is 0 Å². The van der Waals surface area contributed by atoms with Crippen molar-refractivity contribution in [3.8, 4) is 5.75 Å². The van der Waals surface area contributed by atoms with Crippen LogP contribution in [-0.4, -0.2) is 34.7 Å². The number of β-amino-alcohol motifs (C(OH)–C–C–N with tert-alkyl or cyclic N) is 1. The van der Waals surface area contributed by atoms with Crippen molar-refractivity contribution in [2.75, 3.05) is 13.7 Å². The number of hydrogen-bond donors (Lipinski definition) is 1. The number of methoxy groups -OCH3 is 1. The van der Waals surface area contributed by atoms with Crippen molar-refractivity contribution < 1.29 is 14.3 Å². The van der Waals surface area contributed by atoms with Crippen molar-refractivity contribution in [1.82, 2.24) is 9.88 Å². The predicted molar refractivity (Wildman–Crippen MR) is 82.7 cm³/mol. The number of aliphatic hydroxyl groups is 1. The van der Waals surface area contributed by atoms with Gasteiger partial charge in [-0.3, -0.25) is 4.90 Å². The zero-order valence-electron chi connectivity index (χ0n) is 13.2. The summed E-state index contributed by atoms with van der Waals surface area (Å²) >= 11 is 0. The van der Waals surface area contributed by atoms with Crippen molar-refractivity contribution >= 4 is 0 Å². The number of aromatic nitrogens is 1. The van der Waals surface area contributed by atoms with E-state index in [1.807, 2.05) is 32.0 Å². The Morgan fingerprint density at radius 3 is 2.91 bits per heavy atom. The highest BCUT2D eigenvalue weighted by atomic mass is 16.5. The third-order valence-electron chi connectivity index (χ3n) is 4.27. The molecule has 1 saturated heterocycles. The van der Waals surface area contributed by atoms with Gasteiger partial charge in [-0.2, -0.15) is 0 Å². The average Bonchev–Trinajstić information content (AvgIpc) is 3.02. The molecule has 0 aliphatic carbocycles. The number of rotatable bonds is 4. The highest BCUT2D eigenvalue weighted by molar-refractivity contribution is 5.31. The number of hydrogen-bond acceptors (Lipinski definition) is 5. The van der Waals surface area contributed by atoms with Gasteiger partial charge >= 0.3 is 0 Å².